The maximum Gasteiger partial charge on any atom is 0.0462 e. The second kappa shape index (κ2) is 22.1. The van der Waals surface area contributed by atoms with E-state index in [0.717, 1.165) is 22.7 Å². The first-order chi connectivity index (χ1) is 31.0. The number of hydrogen-bond acceptors (Lipinski definition) is 3. The zero-order valence-corrected chi connectivity index (χ0v) is 37.8. The zero-order valence-electron chi connectivity index (χ0n) is 36.9. The quantitative estimate of drug-likeness (QED) is 0.138. The van der Waals surface area contributed by atoms with Crippen molar-refractivity contribution in [3.05, 3.63) is 247 Å². The third kappa shape index (κ3) is 10.8. The Morgan fingerprint density at radius 3 is 1.30 bits per heavy atom. The summed E-state index contributed by atoms with van der Waals surface area (Å²) < 4.78 is 1.33. The highest BCUT2D eigenvalue weighted by molar-refractivity contribution is 7.20. The number of benzene rings is 8. The van der Waals surface area contributed by atoms with E-state index in [-0.39, 0.29) is 0 Å². The monoisotopic (exact) mass is 836 g/mol. The van der Waals surface area contributed by atoms with Crippen LogP contribution in [0.1, 0.15) is 49.6 Å². The minimum Gasteiger partial charge on any atom is -0.388 e. The van der Waals surface area contributed by atoms with Crippen LogP contribution in [0.25, 0.3) is 49.5 Å². The molecule has 0 bridgehead atoms. The molecule has 0 aliphatic heterocycles. The molecule has 1 N–H and O–H groups in total. The lowest BCUT2D eigenvalue weighted by Crippen LogP contribution is -2.09. The van der Waals surface area contributed by atoms with Crippen LogP contribution in [-0.2, 0) is 0 Å². The summed E-state index contributed by atoms with van der Waals surface area (Å²) in [5.74, 6) is 0.306. The second-order valence-corrected chi connectivity index (χ2v) is 16.2. The molecule has 0 spiro atoms. The minimum absolute atomic E-state index is 0.306. The predicted molar refractivity (Wildman–Crippen MR) is 278 cm³/mol. The number of nitrogens with zero attached hydrogens (tertiary/aromatic N) is 1. The molecule has 1 aromatic heterocycles. The Labute approximate surface area is 379 Å². The van der Waals surface area contributed by atoms with Crippen LogP contribution in [0.15, 0.2) is 231 Å². The number of nitrogens with one attached hydrogen (secondary N) is 1. The Balaban J connectivity index is 0.000000434. The molecule has 1 heterocycles. The molecule has 0 saturated carbocycles. The number of allylic oxidation sites excluding steroid dienone is 3. The molecule has 0 saturated heterocycles. The van der Waals surface area contributed by atoms with E-state index in [1.807, 2.05) is 74.7 Å². The van der Waals surface area contributed by atoms with Crippen molar-refractivity contribution in [2.75, 3.05) is 17.3 Å². The molecular weight excluding hydrogens is 781 g/mol. The lowest BCUT2D eigenvalue weighted by molar-refractivity contribution is 0.946. The molecule has 1 unspecified atom stereocenters. The largest absolute Gasteiger partial charge is 0.388 e. The van der Waals surface area contributed by atoms with Gasteiger partial charge >= 0.3 is 0 Å². The Hall–Kier alpha value is -7.20. The summed E-state index contributed by atoms with van der Waals surface area (Å²) in [6.45, 7) is 8.44. The second-order valence-electron chi connectivity index (χ2n) is 15.2. The van der Waals surface area contributed by atoms with Crippen LogP contribution in [0, 0.1) is 0 Å². The normalized spacial score (nSPS) is 11.4. The molecule has 0 radical (unpaired) electrons. The minimum atomic E-state index is 0.306. The van der Waals surface area contributed by atoms with Crippen molar-refractivity contribution in [3.8, 4) is 33.4 Å². The molecule has 63 heavy (non-hydrogen) atoms. The maximum atomic E-state index is 3.03. The Morgan fingerprint density at radius 1 is 0.444 bits per heavy atom. The van der Waals surface area contributed by atoms with Gasteiger partial charge in [0.05, 0.1) is 0 Å². The van der Waals surface area contributed by atoms with Gasteiger partial charge in [-0.15, -0.1) is 11.3 Å². The fourth-order valence-electron chi connectivity index (χ4n) is 7.65. The van der Waals surface area contributed by atoms with Gasteiger partial charge in [0.1, 0.15) is 0 Å². The summed E-state index contributed by atoms with van der Waals surface area (Å²) in [5.41, 5.74) is 14.5. The fourth-order valence-corrected chi connectivity index (χ4v) is 9.05. The van der Waals surface area contributed by atoms with Gasteiger partial charge in [-0.3, -0.25) is 0 Å². The van der Waals surface area contributed by atoms with Crippen LogP contribution in [0.3, 0.4) is 0 Å². The van der Waals surface area contributed by atoms with E-state index in [4.69, 9.17) is 0 Å². The standard InChI is InChI=1S/C49H39NS.C7H9N.C4H8/c1-3-14-46-47-22-13-21-45(49(47)51-48(46)35(2)36-15-7-4-8-16-36)41-27-33-44(34-28-41)50(42-29-23-39(24-30-42)37-17-9-5-10-18-37)43-31-25-40(26-32-43)38-19-11-6-12-20-38;1-8-7-5-3-2-4-6-7;1-3-4-2/h3-35H,1-2H3;2-6,8H,1H3;3-4H,1-2H3/b14-3-;;4-3-. The first-order valence-electron chi connectivity index (χ1n) is 21.8. The molecule has 3 heteroatoms. The third-order valence-corrected chi connectivity index (χ3v) is 12.5. The van der Waals surface area contributed by atoms with Crippen molar-refractivity contribution < 1.29 is 0 Å². The predicted octanol–water partition coefficient (Wildman–Crippen LogP) is 17.9. The third-order valence-electron chi connectivity index (χ3n) is 11.1. The Kier molecular flexibility index (Phi) is 15.4. The molecule has 2 nitrogen and oxygen atoms in total. The van der Waals surface area contributed by atoms with E-state index < -0.39 is 0 Å². The number of hydrogen-bond donors (Lipinski definition) is 1. The Bertz CT molecular complexity index is 2720. The number of fused-ring (bicyclic) bond motifs is 1. The molecule has 9 aromatic rings. The Morgan fingerprint density at radius 2 is 0.873 bits per heavy atom. The smallest absolute Gasteiger partial charge is 0.0462 e. The molecule has 0 amide bonds. The van der Waals surface area contributed by atoms with Crippen LogP contribution < -0.4 is 10.2 Å². The molecule has 1 atom stereocenters. The summed E-state index contributed by atoms with van der Waals surface area (Å²) in [5, 5.41) is 4.34. The highest BCUT2D eigenvalue weighted by atomic mass is 32.1. The molecule has 312 valence electrons. The van der Waals surface area contributed by atoms with Gasteiger partial charge in [0.15, 0.2) is 0 Å². The molecule has 0 fully saturated rings. The van der Waals surface area contributed by atoms with Crippen molar-refractivity contribution >= 4 is 50.2 Å². The SMILES string of the molecule is C/C=C\C.C/C=C\c1c(C(C)c2ccccc2)sc2c(-c3ccc(N(c4ccc(-c5ccccc5)cc4)c4ccc(-c5ccccc5)cc4)cc3)cccc12.CNc1ccccc1. The molecule has 8 aromatic carbocycles. The van der Waals surface area contributed by atoms with Gasteiger partial charge < -0.3 is 10.2 Å². The summed E-state index contributed by atoms with van der Waals surface area (Å²) in [7, 11) is 1.91. The van der Waals surface area contributed by atoms with Gasteiger partial charge in [-0.2, -0.15) is 0 Å². The number of thiophene rings is 1. The van der Waals surface area contributed by atoms with Crippen LogP contribution in [0.4, 0.5) is 22.7 Å². The van der Waals surface area contributed by atoms with Crippen molar-refractivity contribution in [2.24, 2.45) is 0 Å². The zero-order chi connectivity index (χ0) is 43.8. The van der Waals surface area contributed by atoms with Crippen molar-refractivity contribution in [1.82, 2.24) is 0 Å². The van der Waals surface area contributed by atoms with E-state index in [1.54, 1.807) is 0 Å². The van der Waals surface area contributed by atoms with Gasteiger partial charge in [-0.05, 0) is 114 Å². The molecule has 9 rings (SSSR count). The van der Waals surface area contributed by atoms with E-state index in [2.05, 4.69) is 218 Å². The molecule has 0 aliphatic carbocycles. The average molecular weight is 837 g/mol. The van der Waals surface area contributed by atoms with Gasteiger partial charge in [0, 0.05) is 50.7 Å². The lowest BCUT2D eigenvalue weighted by atomic mass is 9.94. The molecule has 0 aliphatic rings. The van der Waals surface area contributed by atoms with E-state index >= 15 is 0 Å². The summed E-state index contributed by atoms with van der Waals surface area (Å²) in [4.78, 5) is 3.76. The van der Waals surface area contributed by atoms with Crippen LogP contribution in [0.2, 0.25) is 0 Å². The van der Waals surface area contributed by atoms with Gasteiger partial charge in [-0.1, -0.05) is 195 Å². The van der Waals surface area contributed by atoms with Crippen LogP contribution in [-0.4, -0.2) is 7.05 Å². The van der Waals surface area contributed by atoms with E-state index in [1.165, 1.54) is 59.5 Å². The number of para-hydroxylation sites is 1. The van der Waals surface area contributed by atoms with Crippen molar-refractivity contribution in [1.29, 1.82) is 0 Å². The molecular formula is C60H56N2S. The fraction of sp³-hybridized carbons (Fsp3) is 0.100. The lowest BCUT2D eigenvalue weighted by Gasteiger charge is -2.26. The first-order valence-corrected chi connectivity index (χ1v) is 22.6. The summed E-state index contributed by atoms with van der Waals surface area (Å²) in [6, 6.07) is 75.7. The summed E-state index contributed by atoms with van der Waals surface area (Å²) >= 11 is 1.93. The first kappa shape index (κ1) is 43.9. The number of rotatable bonds is 10. The number of anilines is 4. The summed E-state index contributed by atoms with van der Waals surface area (Å²) in [6.07, 6.45) is 8.45. The maximum absolute atomic E-state index is 3.03. The van der Waals surface area contributed by atoms with Crippen LogP contribution >= 0.6 is 11.3 Å². The van der Waals surface area contributed by atoms with E-state index in [9.17, 15) is 0 Å². The van der Waals surface area contributed by atoms with E-state index in [0.29, 0.717) is 5.92 Å². The highest BCUT2D eigenvalue weighted by Crippen LogP contribution is 2.44. The average Bonchev–Trinajstić information content (AvgIpc) is 3.74. The highest BCUT2D eigenvalue weighted by Gasteiger charge is 2.20. The van der Waals surface area contributed by atoms with Crippen LogP contribution in [0.5, 0.6) is 0 Å². The van der Waals surface area contributed by atoms with Crippen molar-refractivity contribution in [2.45, 2.75) is 33.6 Å². The van der Waals surface area contributed by atoms with Crippen molar-refractivity contribution in [3.63, 3.8) is 0 Å². The van der Waals surface area contributed by atoms with Gasteiger partial charge in [-0.25, -0.2) is 0 Å². The topological polar surface area (TPSA) is 15.3 Å². The van der Waals surface area contributed by atoms with Gasteiger partial charge in [0.2, 0.25) is 0 Å². The van der Waals surface area contributed by atoms with Gasteiger partial charge in [0.25, 0.3) is 0 Å².